The second kappa shape index (κ2) is 5.56. The average molecular weight is 400 g/mol. The van der Waals surface area contributed by atoms with E-state index in [9.17, 15) is 0 Å². The lowest BCUT2D eigenvalue weighted by atomic mass is 9.88. The SMILES string of the molecule is CN1c2c(ccc3cc4c(cc23)OCO4)-c2ccc3c(c2C1n1cncn1)OCO3. The van der Waals surface area contributed by atoms with Crippen LogP contribution in [0.2, 0.25) is 0 Å². The number of rotatable bonds is 1. The minimum absolute atomic E-state index is 0.216. The highest BCUT2D eigenvalue weighted by Gasteiger charge is 2.37. The van der Waals surface area contributed by atoms with Crippen LogP contribution in [0.1, 0.15) is 11.7 Å². The molecular formula is C22H16N4O4. The first kappa shape index (κ1) is 15.9. The number of aromatic nitrogens is 3. The van der Waals surface area contributed by atoms with Crippen molar-refractivity contribution in [1.82, 2.24) is 14.8 Å². The lowest BCUT2D eigenvalue weighted by Gasteiger charge is -2.38. The summed E-state index contributed by atoms with van der Waals surface area (Å²) >= 11 is 0. The van der Waals surface area contributed by atoms with Gasteiger partial charge in [0.05, 0.1) is 11.3 Å². The number of fused-ring (bicyclic) bond motifs is 8. The molecule has 0 spiro atoms. The highest BCUT2D eigenvalue weighted by Crippen LogP contribution is 2.54. The van der Waals surface area contributed by atoms with Crippen LogP contribution in [-0.4, -0.2) is 35.4 Å². The summed E-state index contributed by atoms with van der Waals surface area (Å²) in [6, 6.07) is 12.4. The third kappa shape index (κ3) is 1.95. The van der Waals surface area contributed by atoms with Crippen LogP contribution in [0, 0.1) is 0 Å². The van der Waals surface area contributed by atoms with Crippen molar-refractivity contribution in [3.63, 3.8) is 0 Å². The maximum atomic E-state index is 5.89. The third-order valence-electron chi connectivity index (χ3n) is 6.02. The monoisotopic (exact) mass is 400 g/mol. The molecule has 0 N–H and O–H groups in total. The average Bonchev–Trinajstić information content (AvgIpc) is 3.52. The molecule has 0 radical (unpaired) electrons. The van der Waals surface area contributed by atoms with Crippen LogP contribution >= 0.6 is 0 Å². The Morgan fingerprint density at radius 1 is 0.900 bits per heavy atom. The molecule has 4 heterocycles. The summed E-state index contributed by atoms with van der Waals surface area (Å²) in [7, 11) is 2.06. The molecule has 1 aromatic heterocycles. The normalized spacial score (nSPS) is 17.9. The first-order chi connectivity index (χ1) is 14.8. The molecule has 4 aromatic rings. The summed E-state index contributed by atoms with van der Waals surface area (Å²) in [6.07, 6.45) is 3.04. The summed E-state index contributed by atoms with van der Waals surface area (Å²) < 4.78 is 24.6. The second-order valence-corrected chi connectivity index (χ2v) is 7.51. The van der Waals surface area contributed by atoms with E-state index in [4.69, 9.17) is 18.9 Å². The molecule has 148 valence electrons. The van der Waals surface area contributed by atoms with Crippen LogP contribution in [0.15, 0.2) is 49.1 Å². The Labute approximate surface area is 171 Å². The van der Waals surface area contributed by atoms with Crippen LogP contribution in [-0.2, 0) is 0 Å². The van der Waals surface area contributed by atoms with Gasteiger partial charge in [0.15, 0.2) is 29.2 Å². The Hall–Kier alpha value is -3.94. The van der Waals surface area contributed by atoms with Gasteiger partial charge < -0.3 is 23.8 Å². The highest BCUT2D eigenvalue weighted by molar-refractivity contribution is 6.05. The maximum Gasteiger partial charge on any atom is 0.231 e. The molecule has 30 heavy (non-hydrogen) atoms. The second-order valence-electron chi connectivity index (χ2n) is 7.51. The van der Waals surface area contributed by atoms with Crippen molar-refractivity contribution < 1.29 is 18.9 Å². The molecule has 0 bridgehead atoms. The van der Waals surface area contributed by atoms with Crippen LogP contribution < -0.4 is 23.8 Å². The third-order valence-corrected chi connectivity index (χ3v) is 6.02. The summed E-state index contributed by atoms with van der Waals surface area (Å²) in [6.45, 7) is 0.463. The molecule has 1 atom stereocenters. The molecule has 0 saturated carbocycles. The van der Waals surface area contributed by atoms with Crippen LogP contribution in [0.25, 0.3) is 21.9 Å². The molecule has 8 heteroatoms. The molecular weight excluding hydrogens is 384 g/mol. The van der Waals surface area contributed by atoms with E-state index in [-0.39, 0.29) is 19.8 Å². The van der Waals surface area contributed by atoms with E-state index in [2.05, 4.69) is 46.3 Å². The molecule has 7 rings (SSSR count). The van der Waals surface area contributed by atoms with Gasteiger partial charge in [-0.3, -0.25) is 0 Å². The topological polar surface area (TPSA) is 70.9 Å². The fraction of sp³-hybridized carbons (Fsp3) is 0.182. The standard InChI is InChI=1S/C22H16N4O4/c1-25-20-14(3-2-12-6-17-18(7-15(12)20)29-10-28-17)13-4-5-16-21(30-11-27-16)19(13)22(25)26-9-23-8-24-26/h2-9,22H,10-11H2,1H3. The zero-order valence-electron chi connectivity index (χ0n) is 16.0. The quantitative estimate of drug-likeness (QED) is 0.484. The van der Waals surface area contributed by atoms with Gasteiger partial charge in [0, 0.05) is 18.0 Å². The van der Waals surface area contributed by atoms with Crippen LogP contribution in [0.3, 0.4) is 0 Å². The van der Waals surface area contributed by atoms with Gasteiger partial charge in [0.1, 0.15) is 12.7 Å². The van der Waals surface area contributed by atoms with Gasteiger partial charge >= 0.3 is 0 Å². The summed E-state index contributed by atoms with van der Waals surface area (Å²) in [5.41, 5.74) is 4.32. The van der Waals surface area contributed by atoms with Gasteiger partial charge in [0.25, 0.3) is 0 Å². The predicted octanol–water partition coefficient (Wildman–Crippen LogP) is 3.55. The van der Waals surface area contributed by atoms with E-state index >= 15 is 0 Å². The Bertz CT molecular complexity index is 1340. The van der Waals surface area contributed by atoms with Gasteiger partial charge in [-0.1, -0.05) is 12.1 Å². The van der Waals surface area contributed by atoms with Gasteiger partial charge in [-0.2, -0.15) is 5.10 Å². The number of hydrogen-bond acceptors (Lipinski definition) is 7. The van der Waals surface area contributed by atoms with Gasteiger partial charge in [-0.15, -0.1) is 0 Å². The predicted molar refractivity (Wildman–Crippen MR) is 108 cm³/mol. The zero-order valence-corrected chi connectivity index (χ0v) is 16.0. The minimum atomic E-state index is -0.234. The van der Waals surface area contributed by atoms with E-state index in [1.807, 2.05) is 16.8 Å². The summed E-state index contributed by atoms with van der Waals surface area (Å²) in [5, 5.41) is 6.63. The molecule has 3 aliphatic heterocycles. The fourth-order valence-corrected chi connectivity index (χ4v) is 4.75. The molecule has 3 aromatic carbocycles. The molecule has 1 unspecified atom stereocenters. The van der Waals surface area contributed by atoms with Gasteiger partial charge in [-0.25, -0.2) is 9.67 Å². The van der Waals surface area contributed by atoms with Gasteiger partial charge in [0.2, 0.25) is 13.6 Å². The maximum absolute atomic E-state index is 5.89. The molecule has 8 nitrogen and oxygen atoms in total. The number of benzene rings is 3. The number of hydrogen-bond donors (Lipinski definition) is 0. The Morgan fingerprint density at radius 2 is 1.70 bits per heavy atom. The zero-order chi connectivity index (χ0) is 19.8. The van der Waals surface area contributed by atoms with E-state index in [1.54, 1.807) is 12.7 Å². The first-order valence-electron chi connectivity index (χ1n) is 9.66. The molecule has 0 saturated heterocycles. The van der Waals surface area contributed by atoms with Crippen LogP contribution in [0.4, 0.5) is 5.69 Å². The smallest absolute Gasteiger partial charge is 0.231 e. The largest absolute Gasteiger partial charge is 0.454 e. The molecule has 3 aliphatic rings. The molecule has 0 fully saturated rings. The highest BCUT2D eigenvalue weighted by atomic mass is 16.7. The first-order valence-corrected chi connectivity index (χ1v) is 9.66. The lowest BCUT2D eigenvalue weighted by molar-refractivity contribution is 0.172. The van der Waals surface area contributed by atoms with Crippen molar-refractivity contribution in [1.29, 1.82) is 0 Å². The van der Waals surface area contributed by atoms with Crippen molar-refractivity contribution >= 4 is 16.5 Å². The minimum Gasteiger partial charge on any atom is -0.454 e. The van der Waals surface area contributed by atoms with Gasteiger partial charge in [-0.05, 0) is 35.2 Å². The van der Waals surface area contributed by atoms with E-state index in [0.717, 1.165) is 56.1 Å². The molecule has 0 amide bonds. The van der Waals surface area contributed by atoms with Crippen molar-refractivity contribution in [2.75, 3.05) is 25.5 Å². The lowest BCUT2D eigenvalue weighted by Crippen LogP contribution is -2.34. The number of ether oxygens (including phenoxy) is 4. The van der Waals surface area contributed by atoms with E-state index in [1.165, 1.54) is 0 Å². The Kier molecular flexibility index (Phi) is 2.95. The summed E-state index contributed by atoms with van der Waals surface area (Å²) in [4.78, 5) is 6.39. The number of anilines is 1. The van der Waals surface area contributed by atoms with Crippen molar-refractivity contribution in [3.05, 3.63) is 54.6 Å². The van der Waals surface area contributed by atoms with Crippen molar-refractivity contribution in [2.24, 2.45) is 0 Å². The molecule has 0 aliphatic carbocycles. The Morgan fingerprint density at radius 3 is 2.57 bits per heavy atom. The van der Waals surface area contributed by atoms with E-state index in [0.29, 0.717) is 0 Å². The van der Waals surface area contributed by atoms with Crippen molar-refractivity contribution in [2.45, 2.75) is 6.17 Å². The summed E-state index contributed by atoms with van der Waals surface area (Å²) in [5.74, 6) is 3.05. The fourth-order valence-electron chi connectivity index (χ4n) is 4.75. The van der Waals surface area contributed by atoms with E-state index < -0.39 is 0 Å². The number of nitrogens with zero attached hydrogens (tertiary/aromatic N) is 4. The Balaban J connectivity index is 1.58. The van der Waals surface area contributed by atoms with Crippen molar-refractivity contribution in [3.8, 4) is 34.1 Å². The van der Waals surface area contributed by atoms with Crippen LogP contribution in [0.5, 0.6) is 23.0 Å².